The quantitative estimate of drug-likeness (QED) is 0.756. The molecule has 162 valence electrons. The highest BCUT2D eigenvalue weighted by Gasteiger charge is 2.38. The maximum Gasteiger partial charge on any atom is 0.253 e. The molecule has 6 nitrogen and oxygen atoms in total. The minimum atomic E-state index is 0.133. The fraction of sp³-hybridized carbons (Fsp3) is 0.440. The number of fused-ring (bicyclic) bond motifs is 1. The number of carbonyl (C=O) groups is 1. The predicted octanol–water partition coefficient (Wildman–Crippen LogP) is 3.88. The normalized spacial score (nSPS) is 20.6. The molecule has 31 heavy (non-hydrogen) atoms. The average molecular weight is 420 g/mol. The summed E-state index contributed by atoms with van der Waals surface area (Å²) in [5.41, 5.74) is 2.29. The first kappa shape index (κ1) is 20.1. The van der Waals surface area contributed by atoms with Crippen molar-refractivity contribution in [3.63, 3.8) is 0 Å². The highest BCUT2D eigenvalue weighted by molar-refractivity contribution is 5.94. The van der Waals surface area contributed by atoms with E-state index in [-0.39, 0.29) is 5.91 Å². The molecular formula is C25H29N3O3. The van der Waals surface area contributed by atoms with Crippen LogP contribution in [0.15, 0.2) is 55.1 Å². The van der Waals surface area contributed by atoms with Gasteiger partial charge in [0.05, 0.1) is 0 Å². The highest BCUT2D eigenvalue weighted by Crippen LogP contribution is 2.42. The fourth-order valence-electron chi connectivity index (χ4n) is 5.06. The van der Waals surface area contributed by atoms with Crippen LogP contribution >= 0.6 is 0 Å². The van der Waals surface area contributed by atoms with Crippen molar-refractivity contribution in [2.45, 2.75) is 32.2 Å². The molecular weight excluding hydrogens is 390 g/mol. The van der Waals surface area contributed by atoms with E-state index in [4.69, 9.17) is 9.47 Å². The van der Waals surface area contributed by atoms with Crippen LogP contribution < -0.4 is 9.47 Å². The number of amides is 1. The Balaban J connectivity index is 1.16. The first-order valence-electron chi connectivity index (χ1n) is 11.1. The van der Waals surface area contributed by atoms with Gasteiger partial charge in [0.15, 0.2) is 11.5 Å². The number of hydrogen-bond donors (Lipinski definition) is 0. The number of para-hydroxylation sites is 1. The predicted molar refractivity (Wildman–Crippen MR) is 118 cm³/mol. The Kier molecular flexibility index (Phi) is 5.40. The van der Waals surface area contributed by atoms with Crippen LogP contribution in [0.3, 0.4) is 0 Å². The number of nitrogens with zero attached hydrogens (tertiary/aromatic N) is 3. The van der Waals surface area contributed by atoms with Gasteiger partial charge in [-0.05, 0) is 62.4 Å². The minimum Gasteiger partial charge on any atom is -0.481 e. The number of benzene rings is 1. The summed E-state index contributed by atoms with van der Waals surface area (Å²) in [6, 6.07) is 9.70. The Labute approximate surface area is 183 Å². The van der Waals surface area contributed by atoms with E-state index in [0.717, 1.165) is 62.6 Å². The van der Waals surface area contributed by atoms with E-state index in [2.05, 4.69) is 22.5 Å². The number of carbonyl (C=O) groups excluding carboxylic acids is 1. The maximum atomic E-state index is 12.7. The zero-order valence-electron chi connectivity index (χ0n) is 17.9. The molecule has 3 aliphatic heterocycles. The summed E-state index contributed by atoms with van der Waals surface area (Å²) in [7, 11) is 0. The Morgan fingerprint density at radius 1 is 1.03 bits per heavy atom. The third-order valence-corrected chi connectivity index (χ3v) is 7.04. The molecule has 1 aromatic carbocycles. The number of rotatable bonds is 3. The van der Waals surface area contributed by atoms with Gasteiger partial charge in [-0.15, -0.1) is 0 Å². The lowest BCUT2D eigenvalue weighted by Gasteiger charge is -2.47. The summed E-state index contributed by atoms with van der Waals surface area (Å²) in [4.78, 5) is 21.3. The molecule has 1 amide bonds. The topological polar surface area (TPSA) is 54.9 Å². The molecule has 5 rings (SSSR count). The van der Waals surface area contributed by atoms with Gasteiger partial charge in [-0.1, -0.05) is 18.7 Å². The number of piperidine rings is 2. The third-order valence-electron chi connectivity index (χ3n) is 7.04. The summed E-state index contributed by atoms with van der Waals surface area (Å²) in [6.07, 6.45) is 7.94. The summed E-state index contributed by atoms with van der Waals surface area (Å²) in [6.45, 7) is 9.01. The van der Waals surface area contributed by atoms with E-state index < -0.39 is 0 Å². The molecule has 0 unspecified atom stereocenters. The van der Waals surface area contributed by atoms with Gasteiger partial charge in [-0.25, -0.2) is 0 Å². The Morgan fingerprint density at radius 3 is 2.48 bits per heavy atom. The van der Waals surface area contributed by atoms with Crippen LogP contribution in [0.4, 0.5) is 0 Å². The molecule has 2 saturated heterocycles. The van der Waals surface area contributed by atoms with Crippen LogP contribution in [-0.4, -0.2) is 53.5 Å². The van der Waals surface area contributed by atoms with Crippen LogP contribution in [0.25, 0.3) is 0 Å². The lowest BCUT2D eigenvalue weighted by molar-refractivity contribution is 0.0282. The van der Waals surface area contributed by atoms with Gasteiger partial charge in [-0.2, -0.15) is 0 Å². The zero-order valence-corrected chi connectivity index (χ0v) is 17.9. The molecule has 6 heteroatoms. The second-order valence-electron chi connectivity index (χ2n) is 8.98. The molecule has 0 saturated carbocycles. The summed E-state index contributed by atoms with van der Waals surface area (Å²) in [5.74, 6) is 2.42. The first-order valence-corrected chi connectivity index (χ1v) is 11.1. The molecule has 2 aromatic rings. The molecule has 0 bridgehead atoms. The van der Waals surface area contributed by atoms with Crippen molar-refractivity contribution in [1.82, 2.24) is 14.8 Å². The largest absolute Gasteiger partial charge is 0.481 e. The monoisotopic (exact) mass is 419 g/mol. The van der Waals surface area contributed by atoms with Crippen molar-refractivity contribution >= 4 is 5.91 Å². The van der Waals surface area contributed by atoms with E-state index in [0.29, 0.717) is 17.8 Å². The molecule has 1 spiro atoms. The number of aromatic nitrogens is 1. The summed E-state index contributed by atoms with van der Waals surface area (Å²) >= 11 is 0. The maximum absolute atomic E-state index is 12.7. The molecule has 0 atom stereocenters. The van der Waals surface area contributed by atoms with Crippen LogP contribution in [-0.2, 0) is 6.54 Å². The van der Waals surface area contributed by atoms with Gasteiger partial charge in [0.25, 0.3) is 5.91 Å². The van der Waals surface area contributed by atoms with Crippen molar-refractivity contribution in [2.75, 3.05) is 32.8 Å². The van der Waals surface area contributed by atoms with Crippen molar-refractivity contribution in [1.29, 1.82) is 0 Å². The molecule has 1 aromatic heterocycles. The third kappa shape index (κ3) is 4.17. The molecule has 2 fully saturated rings. The number of likely N-dealkylation sites (tertiary alicyclic amines) is 2. The summed E-state index contributed by atoms with van der Waals surface area (Å²) in [5, 5.41) is 0. The molecule has 0 radical (unpaired) electrons. The van der Waals surface area contributed by atoms with Crippen molar-refractivity contribution in [3.8, 4) is 11.5 Å². The van der Waals surface area contributed by atoms with Gasteiger partial charge in [0, 0.05) is 43.2 Å². The number of ether oxygens (including phenoxy) is 2. The second kappa shape index (κ2) is 8.35. The van der Waals surface area contributed by atoms with Crippen molar-refractivity contribution in [3.05, 3.63) is 66.2 Å². The Hall–Kier alpha value is -2.86. The smallest absolute Gasteiger partial charge is 0.253 e. The van der Waals surface area contributed by atoms with Crippen molar-refractivity contribution in [2.24, 2.45) is 5.41 Å². The number of hydrogen-bond acceptors (Lipinski definition) is 5. The van der Waals surface area contributed by atoms with Gasteiger partial charge < -0.3 is 14.4 Å². The van der Waals surface area contributed by atoms with Crippen LogP contribution in [0.1, 0.15) is 41.6 Å². The highest BCUT2D eigenvalue weighted by atomic mass is 16.6. The van der Waals surface area contributed by atoms with Crippen molar-refractivity contribution < 1.29 is 14.3 Å². The Bertz CT molecular complexity index is 957. The van der Waals surface area contributed by atoms with Crippen LogP contribution in [0.5, 0.6) is 11.5 Å². The second-order valence-corrected chi connectivity index (χ2v) is 8.98. The van der Waals surface area contributed by atoms with Crippen LogP contribution in [0.2, 0.25) is 0 Å². The van der Waals surface area contributed by atoms with E-state index in [9.17, 15) is 4.79 Å². The molecule has 4 heterocycles. The molecule has 0 aliphatic carbocycles. The van der Waals surface area contributed by atoms with E-state index >= 15 is 0 Å². The first-order chi connectivity index (χ1) is 15.1. The average Bonchev–Trinajstić information content (AvgIpc) is 2.81. The SMILES string of the molecule is C=C1COc2c(CN3CCC4(CC3)CCN(C(=O)c3ccncc3)CC4)cccc2O1. The standard InChI is InChI=1S/C25H29N3O3/c1-19-18-30-23-21(3-2-4-22(23)31-19)17-27-13-7-25(8-14-27)9-15-28(16-10-25)24(29)20-5-11-26-12-6-20/h2-6,11-12H,1,7-10,13-18H2. The van der Waals surface area contributed by atoms with Crippen LogP contribution in [0, 0.1) is 5.41 Å². The van der Waals surface area contributed by atoms with Gasteiger partial charge in [0.1, 0.15) is 12.4 Å². The Morgan fingerprint density at radius 2 is 1.74 bits per heavy atom. The van der Waals surface area contributed by atoms with Gasteiger partial charge in [0.2, 0.25) is 0 Å². The van der Waals surface area contributed by atoms with Gasteiger partial charge >= 0.3 is 0 Å². The number of pyridine rings is 1. The summed E-state index contributed by atoms with van der Waals surface area (Å²) < 4.78 is 11.6. The molecule has 0 N–H and O–H groups in total. The lowest BCUT2D eigenvalue weighted by atomic mass is 9.71. The van der Waals surface area contributed by atoms with Gasteiger partial charge in [-0.3, -0.25) is 14.7 Å². The van der Waals surface area contributed by atoms with E-state index in [1.165, 1.54) is 18.4 Å². The van der Waals surface area contributed by atoms with E-state index in [1.54, 1.807) is 24.5 Å². The zero-order chi connectivity index (χ0) is 21.3. The lowest BCUT2D eigenvalue weighted by Crippen LogP contribution is -2.48. The fourth-order valence-corrected chi connectivity index (χ4v) is 5.06. The molecule has 3 aliphatic rings. The van der Waals surface area contributed by atoms with E-state index in [1.807, 2.05) is 17.0 Å². The minimum absolute atomic E-state index is 0.133.